The van der Waals surface area contributed by atoms with Crippen molar-refractivity contribution in [3.63, 3.8) is 0 Å². The van der Waals surface area contributed by atoms with Gasteiger partial charge in [-0.25, -0.2) is 13.1 Å². The summed E-state index contributed by atoms with van der Waals surface area (Å²) in [4.78, 5) is 0.285. The SMILES string of the molecule is CC1CCC(NS(=O)(=O)c2ccc(C#CCN)cc2)C1C. The highest BCUT2D eigenvalue weighted by Crippen LogP contribution is 2.32. The smallest absolute Gasteiger partial charge is 0.240 e. The molecule has 1 aromatic carbocycles. The van der Waals surface area contributed by atoms with Crippen molar-refractivity contribution in [3.8, 4) is 11.8 Å². The van der Waals surface area contributed by atoms with Gasteiger partial charge in [0, 0.05) is 11.6 Å². The van der Waals surface area contributed by atoms with Crippen LogP contribution in [0.5, 0.6) is 0 Å². The first-order valence-corrected chi connectivity index (χ1v) is 8.73. The monoisotopic (exact) mass is 306 g/mol. The lowest BCUT2D eigenvalue weighted by atomic mass is 9.98. The van der Waals surface area contributed by atoms with Crippen LogP contribution < -0.4 is 10.5 Å². The van der Waals surface area contributed by atoms with E-state index < -0.39 is 10.0 Å². The predicted molar refractivity (Wildman–Crippen MR) is 84.0 cm³/mol. The van der Waals surface area contributed by atoms with Crippen LogP contribution in [0.2, 0.25) is 0 Å². The van der Waals surface area contributed by atoms with E-state index in [0.29, 0.717) is 18.4 Å². The molecule has 3 unspecified atom stereocenters. The molecular weight excluding hydrogens is 284 g/mol. The number of nitrogens with one attached hydrogen (secondary N) is 1. The van der Waals surface area contributed by atoms with E-state index in [0.717, 1.165) is 18.4 Å². The Labute approximate surface area is 127 Å². The average Bonchev–Trinajstić information content (AvgIpc) is 2.77. The van der Waals surface area contributed by atoms with Crippen molar-refractivity contribution in [2.45, 2.75) is 37.6 Å². The second-order valence-electron chi connectivity index (χ2n) is 5.67. The Hall–Kier alpha value is -1.35. The minimum absolute atomic E-state index is 0.0294. The van der Waals surface area contributed by atoms with Crippen LogP contribution in [0.25, 0.3) is 0 Å². The summed E-state index contributed by atoms with van der Waals surface area (Å²) in [5.41, 5.74) is 6.08. The van der Waals surface area contributed by atoms with Gasteiger partial charge in [0.25, 0.3) is 0 Å². The summed E-state index contributed by atoms with van der Waals surface area (Å²) < 4.78 is 27.6. The summed E-state index contributed by atoms with van der Waals surface area (Å²) in [6, 6.07) is 6.62. The normalized spacial score (nSPS) is 25.4. The van der Waals surface area contributed by atoms with Crippen molar-refractivity contribution in [2.24, 2.45) is 17.6 Å². The van der Waals surface area contributed by atoms with Crippen LogP contribution in [0.4, 0.5) is 0 Å². The molecule has 21 heavy (non-hydrogen) atoms. The summed E-state index contributed by atoms with van der Waals surface area (Å²) in [5, 5.41) is 0. The summed E-state index contributed by atoms with van der Waals surface area (Å²) in [6.45, 7) is 4.57. The molecule has 1 aliphatic rings. The number of hydrogen-bond donors (Lipinski definition) is 2. The molecule has 0 radical (unpaired) electrons. The molecule has 0 spiro atoms. The zero-order chi connectivity index (χ0) is 15.5. The molecule has 114 valence electrons. The fourth-order valence-electron chi connectivity index (χ4n) is 2.67. The Morgan fingerprint density at radius 1 is 1.24 bits per heavy atom. The van der Waals surface area contributed by atoms with E-state index in [9.17, 15) is 8.42 Å². The lowest BCUT2D eigenvalue weighted by molar-refractivity contribution is 0.402. The molecule has 0 aliphatic heterocycles. The second kappa shape index (κ2) is 6.61. The topological polar surface area (TPSA) is 72.2 Å². The highest BCUT2D eigenvalue weighted by molar-refractivity contribution is 7.89. The largest absolute Gasteiger partial charge is 0.320 e. The first-order valence-electron chi connectivity index (χ1n) is 7.25. The van der Waals surface area contributed by atoms with Gasteiger partial charge in [0.2, 0.25) is 10.0 Å². The maximum Gasteiger partial charge on any atom is 0.240 e. The minimum Gasteiger partial charge on any atom is -0.320 e. The number of benzene rings is 1. The van der Waals surface area contributed by atoms with Crippen LogP contribution in [-0.2, 0) is 10.0 Å². The quantitative estimate of drug-likeness (QED) is 0.835. The molecule has 1 saturated carbocycles. The van der Waals surface area contributed by atoms with Crippen LogP contribution in [0.1, 0.15) is 32.3 Å². The molecule has 0 amide bonds. The molecule has 1 aromatic rings. The summed E-state index contributed by atoms with van der Waals surface area (Å²) in [7, 11) is -3.46. The van der Waals surface area contributed by atoms with Crippen LogP contribution in [0.15, 0.2) is 29.2 Å². The third-order valence-corrected chi connectivity index (χ3v) is 5.78. The van der Waals surface area contributed by atoms with Crippen LogP contribution >= 0.6 is 0 Å². The molecule has 0 saturated heterocycles. The van der Waals surface area contributed by atoms with Gasteiger partial charge >= 0.3 is 0 Å². The van der Waals surface area contributed by atoms with E-state index in [4.69, 9.17) is 5.73 Å². The number of rotatable bonds is 3. The van der Waals surface area contributed by atoms with Crippen LogP contribution in [-0.4, -0.2) is 21.0 Å². The Balaban J connectivity index is 2.12. The lowest BCUT2D eigenvalue weighted by Crippen LogP contribution is -2.37. The molecule has 2 rings (SSSR count). The van der Waals surface area contributed by atoms with Gasteiger partial charge in [-0.1, -0.05) is 25.7 Å². The fourth-order valence-corrected chi connectivity index (χ4v) is 4.03. The van der Waals surface area contributed by atoms with E-state index in [1.807, 2.05) is 0 Å². The van der Waals surface area contributed by atoms with E-state index in [-0.39, 0.29) is 10.9 Å². The van der Waals surface area contributed by atoms with Crippen molar-refractivity contribution >= 4 is 10.0 Å². The number of nitrogens with two attached hydrogens (primary N) is 1. The molecule has 4 nitrogen and oxygen atoms in total. The first kappa shape index (κ1) is 16.0. The average molecular weight is 306 g/mol. The zero-order valence-electron chi connectivity index (χ0n) is 12.5. The summed E-state index contributed by atoms with van der Waals surface area (Å²) >= 11 is 0. The Morgan fingerprint density at radius 3 is 2.43 bits per heavy atom. The van der Waals surface area contributed by atoms with Crippen molar-refractivity contribution < 1.29 is 8.42 Å². The van der Waals surface area contributed by atoms with Gasteiger partial charge < -0.3 is 5.73 Å². The molecule has 0 heterocycles. The number of sulfonamides is 1. The van der Waals surface area contributed by atoms with E-state index in [2.05, 4.69) is 30.4 Å². The Bertz CT molecular complexity index is 641. The molecule has 3 N–H and O–H groups in total. The van der Waals surface area contributed by atoms with Crippen molar-refractivity contribution in [1.82, 2.24) is 4.72 Å². The summed E-state index contributed by atoms with van der Waals surface area (Å²) in [5.74, 6) is 6.56. The molecule has 1 fully saturated rings. The molecule has 1 aliphatic carbocycles. The highest BCUT2D eigenvalue weighted by atomic mass is 32.2. The lowest BCUT2D eigenvalue weighted by Gasteiger charge is -2.19. The van der Waals surface area contributed by atoms with Crippen LogP contribution in [0, 0.1) is 23.7 Å². The molecule has 3 atom stereocenters. The van der Waals surface area contributed by atoms with Gasteiger partial charge in [-0.3, -0.25) is 0 Å². The Morgan fingerprint density at radius 2 is 1.90 bits per heavy atom. The van der Waals surface area contributed by atoms with Gasteiger partial charge in [0.05, 0.1) is 11.4 Å². The predicted octanol–water partition coefficient (Wildman–Crippen LogP) is 1.71. The minimum atomic E-state index is -3.46. The van der Waals surface area contributed by atoms with E-state index >= 15 is 0 Å². The van der Waals surface area contributed by atoms with Crippen molar-refractivity contribution in [3.05, 3.63) is 29.8 Å². The Kier molecular flexibility index (Phi) is 5.04. The second-order valence-corrected chi connectivity index (χ2v) is 7.39. The first-order chi connectivity index (χ1) is 9.94. The summed E-state index contributed by atoms with van der Waals surface area (Å²) in [6.07, 6.45) is 1.98. The molecule has 5 heteroatoms. The van der Waals surface area contributed by atoms with Gasteiger partial charge in [0.1, 0.15) is 0 Å². The molecular formula is C16H22N2O2S. The van der Waals surface area contributed by atoms with Gasteiger partial charge in [-0.15, -0.1) is 0 Å². The third kappa shape index (κ3) is 3.85. The van der Waals surface area contributed by atoms with Crippen molar-refractivity contribution in [2.75, 3.05) is 6.54 Å². The van der Waals surface area contributed by atoms with E-state index in [1.165, 1.54) is 0 Å². The zero-order valence-corrected chi connectivity index (χ0v) is 13.3. The number of hydrogen-bond acceptors (Lipinski definition) is 3. The highest BCUT2D eigenvalue weighted by Gasteiger charge is 2.32. The van der Waals surface area contributed by atoms with Crippen LogP contribution in [0.3, 0.4) is 0 Å². The standard InChI is InChI=1S/C16H22N2O2S/c1-12-5-10-16(13(12)2)18-21(19,20)15-8-6-14(7-9-15)4-3-11-17/h6-9,12-13,16,18H,5,10-11,17H2,1-2H3. The molecule has 0 bridgehead atoms. The van der Waals surface area contributed by atoms with Gasteiger partial charge in [0.15, 0.2) is 0 Å². The maximum atomic E-state index is 12.4. The van der Waals surface area contributed by atoms with Crippen molar-refractivity contribution in [1.29, 1.82) is 0 Å². The molecule has 0 aromatic heterocycles. The van der Waals surface area contributed by atoms with Gasteiger partial charge in [-0.05, 0) is 48.9 Å². The maximum absolute atomic E-state index is 12.4. The fraction of sp³-hybridized carbons (Fsp3) is 0.500. The van der Waals surface area contributed by atoms with E-state index in [1.54, 1.807) is 24.3 Å². The third-order valence-electron chi connectivity index (χ3n) is 4.27. The van der Waals surface area contributed by atoms with Gasteiger partial charge in [-0.2, -0.15) is 0 Å².